The van der Waals surface area contributed by atoms with Gasteiger partial charge in [0.15, 0.2) is 0 Å². The van der Waals surface area contributed by atoms with Gasteiger partial charge in [-0.3, -0.25) is 0 Å². The molecule has 5 heteroatoms. The van der Waals surface area contributed by atoms with E-state index in [9.17, 15) is 4.79 Å². The first kappa shape index (κ1) is 11.0. The van der Waals surface area contributed by atoms with Crippen LogP contribution in [0, 0.1) is 0 Å². The van der Waals surface area contributed by atoms with Gasteiger partial charge in [0.2, 0.25) is 5.29 Å². The molecule has 0 fully saturated rings. The van der Waals surface area contributed by atoms with Crippen molar-refractivity contribution in [2.24, 2.45) is 4.99 Å². The fraction of sp³-hybridized carbons (Fsp3) is 0.556. The zero-order chi connectivity index (χ0) is 10.8. The van der Waals surface area contributed by atoms with Crippen molar-refractivity contribution in [2.75, 3.05) is 6.54 Å². The first-order valence-corrected chi connectivity index (χ1v) is 4.67. The molecule has 0 aromatic rings. The Kier molecular flexibility index (Phi) is 3.16. The number of carbonyl (C=O) groups excluding carboxylic acids is 1. The van der Waals surface area contributed by atoms with Gasteiger partial charge < -0.3 is 4.74 Å². The molecule has 0 aliphatic carbocycles. The van der Waals surface area contributed by atoms with Crippen LogP contribution in [0.1, 0.15) is 20.8 Å². The summed E-state index contributed by atoms with van der Waals surface area (Å²) in [5, 5.41) is 0.141. The van der Waals surface area contributed by atoms with Crippen LogP contribution in [-0.4, -0.2) is 28.4 Å². The number of aliphatic imine (C=N–C) groups is 1. The summed E-state index contributed by atoms with van der Waals surface area (Å²) in [6.45, 7) is 5.80. The lowest BCUT2D eigenvalue weighted by Crippen LogP contribution is -2.39. The number of ether oxygens (including phenoxy) is 1. The molecule has 0 N–H and O–H groups in total. The summed E-state index contributed by atoms with van der Waals surface area (Å²) in [4.78, 5) is 16.6. The molecule has 1 rings (SSSR count). The molecule has 0 bridgehead atoms. The molecule has 14 heavy (non-hydrogen) atoms. The fourth-order valence-corrected chi connectivity index (χ4v) is 1.07. The molecular formula is C9H13ClN2O2. The Morgan fingerprint density at radius 1 is 1.64 bits per heavy atom. The first-order valence-electron chi connectivity index (χ1n) is 4.29. The Hall–Kier alpha value is -1.03. The smallest absolute Gasteiger partial charge is 0.416 e. The van der Waals surface area contributed by atoms with Gasteiger partial charge >= 0.3 is 6.09 Å². The number of nitrogens with zero attached hydrogens (tertiary/aromatic N) is 2. The van der Waals surface area contributed by atoms with Crippen molar-refractivity contribution in [3.63, 3.8) is 0 Å². The molecule has 1 amide bonds. The molecule has 0 radical (unpaired) electrons. The summed E-state index contributed by atoms with van der Waals surface area (Å²) in [6.07, 6.45) is 2.81. The van der Waals surface area contributed by atoms with E-state index in [2.05, 4.69) is 4.99 Å². The highest BCUT2D eigenvalue weighted by Crippen LogP contribution is 2.13. The van der Waals surface area contributed by atoms with Crippen LogP contribution in [-0.2, 0) is 4.74 Å². The molecule has 0 saturated carbocycles. The van der Waals surface area contributed by atoms with E-state index in [-0.39, 0.29) is 5.29 Å². The predicted octanol–water partition coefficient (Wildman–Crippen LogP) is 2.35. The lowest BCUT2D eigenvalue weighted by Gasteiger charge is -2.26. The van der Waals surface area contributed by atoms with E-state index in [0.29, 0.717) is 6.54 Å². The molecule has 78 valence electrons. The van der Waals surface area contributed by atoms with Crippen LogP contribution in [0.2, 0.25) is 0 Å². The van der Waals surface area contributed by atoms with Crippen LogP contribution in [0.3, 0.4) is 0 Å². The lowest BCUT2D eigenvalue weighted by molar-refractivity contribution is 0.0386. The van der Waals surface area contributed by atoms with Crippen molar-refractivity contribution >= 4 is 23.0 Å². The van der Waals surface area contributed by atoms with Crippen molar-refractivity contribution in [3.8, 4) is 0 Å². The van der Waals surface area contributed by atoms with Gasteiger partial charge in [0, 0.05) is 6.20 Å². The molecule has 0 atom stereocenters. The van der Waals surface area contributed by atoms with Crippen molar-refractivity contribution in [1.29, 1.82) is 0 Å². The fourth-order valence-electron chi connectivity index (χ4n) is 0.879. The summed E-state index contributed by atoms with van der Waals surface area (Å²) in [5.41, 5.74) is -0.518. The molecule has 0 aromatic heterocycles. The predicted molar refractivity (Wildman–Crippen MR) is 55.4 cm³/mol. The standard InChI is InChI=1S/C9H13ClN2O2/c1-9(2,3)14-8(13)12-6-4-5-11-7(12)10/h4-5H,6H2,1-3H3. The number of halogens is 1. The maximum absolute atomic E-state index is 11.5. The summed E-state index contributed by atoms with van der Waals surface area (Å²) in [7, 11) is 0. The minimum Gasteiger partial charge on any atom is -0.443 e. The van der Waals surface area contributed by atoms with E-state index in [1.54, 1.807) is 33.0 Å². The zero-order valence-electron chi connectivity index (χ0n) is 8.45. The van der Waals surface area contributed by atoms with E-state index in [4.69, 9.17) is 16.3 Å². The molecule has 1 aliphatic heterocycles. The van der Waals surface area contributed by atoms with Crippen LogP contribution in [0.5, 0.6) is 0 Å². The highest BCUT2D eigenvalue weighted by molar-refractivity contribution is 6.65. The third-order valence-electron chi connectivity index (χ3n) is 1.41. The third-order valence-corrected chi connectivity index (χ3v) is 1.71. The zero-order valence-corrected chi connectivity index (χ0v) is 9.21. The first-order chi connectivity index (χ1) is 6.40. The normalized spacial score (nSPS) is 16.6. The van der Waals surface area contributed by atoms with Crippen LogP contribution >= 0.6 is 11.6 Å². The number of amides is 1. The largest absolute Gasteiger partial charge is 0.443 e. The average molecular weight is 217 g/mol. The number of amidine groups is 1. The second-order valence-corrected chi connectivity index (χ2v) is 4.21. The molecule has 0 aromatic carbocycles. The van der Waals surface area contributed by atoms with Gasteiger partial charge in [-0.1, -0.05) is 0 Å². The summed E-state index contributed by atoms with van der Waals surface area (Å²) >= 11 is 5.73. The molecule has 0 unspecified atom stereocenters. The van der Waals surface area contributed by atoms with Crippen LogP contribution in [0.25, 0.3) is 0 Å². The summed E-state index contributed by atoms with van der Waals surface area (Å²) < 4.78 is 5.14. The number of hydrogen-bond acceptors (Lipinski definition) is 3. The molecule has 0 saturated heterocycles. The Labute approximate surface area is 88.2 Å². The van der Waals surface area contributed by atoms with Gasteiger partial charge in [-0.05, 0) is 38.4 Å². The SMILES string of the molecule is CC(C)(C)OC(=O)N1CC=CN=C1Cl. The van der Waals surface area contributed by atoms with Gasteiger partial charge in [-0.25, -0.2) is 14.7 Å². The Balaban J connectivity index is 2.63. The second kappa shape index (κ2) is 4.00. The topological polar surface area (TPSA) is 41.9 Å². The Bertz CT molecular complexity index is 292. The monoisotopic (exact) mass is 216 g/mol. The third kappa shape index (κ3) is 3.03. The van der Waals surface area contributed by atoms with E-state index < -0.39 is 11.7 Å². The maximum Gasteiger partial charge on any atom is 0.416 e. The maximum atomic E-state index is 11.5. The van der Waals surface area contributed by atoms with Gasteiger partial charge in [0.1, 0.15) is 5.60 Å². The summed E-state index contributed by atoms with van der Waals surface area (Å²) in [5.74, 6) is 0. The molecular weight excluding hydrogens is 204 g/mol. The molecule has 1 aliphatic rings. The highest BCUT2D eigenvalue weighted by atomic mass is 35.5. The molecule has 0 spiro atoms. The quantitative estimate of drug-likeness (QED) is 0.584. The summed E-state index contributed by atoms with van der Waals surface area (Å²) in [6, 6.07) is 0. The van der Waals surface area contributed by atoms with E-state index >= 15 is 0 Å². The van der Waals surface area contributed by atoms with Crippen molar-refractivity contribution in [3.05, 3.63) is 12.3 Å². The Morgan fingerprint density at radius 2 is 2.29 bits per heavy atom. The van der Waals surface area contributed by atoms with E-state index in [1.807, 2.05) is 0 Å². The number of hydrogen-bond donors (Lipinski definition) is 0. The lowest BCUT2D eigenvalue weighted by atomic mass is 10.2. The average Bonchev–Trinajstić information content (AvgIpc) is 2.01. The highest BCUT2D eigenvalue weighted by Gasteiger charge is 2.24. The van der Waals surface area contributed by atoms with E-state index in [0.717, 1.165) is 0 Å². The number of rotatable bonds is 0. The number of carbonyl (C=O) groups is 1. The molecule has 4 nitrogen and oxygen atoms in total. The van der Waals surface area contributed by atoms with Crippen molar-refractivity contribution < 1.29 is 9.53 Å². The van der Waals surface area contributed by atoms with Crippen molar-refractivity contribution in [2.45, 2.75) is 26.4 Å². The second-order valence-electron chi connectivity index (χ2n) is 3.87. The minimum absolute atomic E-state index is 0.141. The minimum atomic E-state index is -0.518. The van der Waals surface area contributed by atoms with Crippen LogP contribution in [0.15, 0.2) is 17.3 Å². The van der Waals surface area contributed by atoms with Gasteiger partial charge in [-0.15, -0.1) is 0 Å². The van der Waals surface area contributed by atoms with Gasteiger partial charge in [-0.2, -0.15) is 0 Å². The van der Waals surface area contributed by atoms with Crippen LogP contribution in [0.4, 0.5) is 4.79 Å². The van der Waals surface area contributed by atoms with Crippen LogP contribution < -0.4 is 0 Å². The van der Waals surface area contributed by atoms with Crippen molar-refractivity contribution in [1.82, 2.24) is 4.90 Å². The molecule has 1 heterocycles. The van der Waals surface area contributed by atoms with Gasteiger partial charge in [0.05, 0.1) is 6.54 Å². The van der Waals surface area contributed by atoms with Gasteiger partial charge in [0.25, 0.3) is 0 Å². The van der Waals surface area contributed by atoms with E-state index in [1.165, 1.54) is 4.90 Å². The Morgan fingerprint density at radius 3 is 2.79 bits per heavy atom.